The fraction of sp³-hybridized carbons (Fsp3) is 0.800. The molecule has 2 heterocycles. The lowest BCUT2D eigenvalue weighted by molar-refractivity contribution is -0.149. The van der Waals surface area contributed by atoms with Gasteiger partial charge in [0.15, 0.2) is 4.08 Å². The Bertz CT molecular complexity index is 352. The average Bonchev–Trinajstić information content (AvgIpc) is 2.64. The predicted octanol–water partition coefficient (Wildman–Crippen LogP) is 0.401. The Balaban J connectivity index is 2.12. The molecular weight excluding hydrogens is 260 g/mol. The van der Waals surface area contributed by atoms with E-state index >= 15 is 0 Å². The number of nitrogens with two attached hydrogens (primary N) is 1. The minimum absolute atomic E-state index is 0.000276. The molecule has 5 nitrogen and oxygen atoms in total. The summed E-state index contributed by atoms with van der Waals surface area (Å²) in [5.41, 5.74) is 5.43. The lowest BCUT2D eigenvalue weighted by Gasteiger charge is -2.40. The van der Waals surface area contributed by atoms with Gasteiger partial charge in [0.25, 0.3) is 0 Å². The van der Waals surface area contributed by atoms with E-state index in [1.807, 2.05) is 6.92 Å². The van der Waals surface area contributed by atoms with Crippen molar-refractivity contribution in [3.05, 3.63) is 0 Å². The van der Waals surface area contributed by atoms with Crippen molar-refractivity contribution < 1.29 is 14.7 Å². The van der Waals surface area contributed by atoms with Crippen LogP contribution >= 0.6 is 23.5 Å². The largest absolute Gasteiger partial charge is 0.480 e. The molecule has 0 saturated carbocycles. The second-order valence-corrected chi connectivity index (χ2v) is 7.25. The summed E-state index contributed by atoms with van der Waals surface area (Å²) in [6, 6.07) is 0. The van der Waals surface area contributed by atoms with E-state index in [1.165, 1.54) is 23.5 Å². The summed E-state index contributed by atoms with van der Waals surface area (Å²) in [6.45, 7) is 2.72. The smallest absolute Gasteiger partial charge is 0.332 e. The van der Waals surface area contributed by atoms with Crippen LogP contribution in [0.1, 0.15) is 13.3 Å². The molecule has 0 radical (unpaired) electrons. The molecule has 2 unspecified atom stereocenters. The molecule has 0 bridgehead atoms. The molecule has 2 saturated heterocycles. The number of nitrogens with zero attached hydrogens (tertiary/aromatic N) is 1. The fourth-order valence-electron chi connectivity index (χ4n) is 2.23. The van der Waals surface area contributed by atoms with Gasteiger partial charge in [0.05, 0.1) is 17.8 Å². The van der Waals surface area contributed by atoms with Crippen LogP contribution in [0.25, 0.3) is 0 Å². The van der Waals surface area contributed by atoms with Crippen LogP contribution in [0.5, 0.6) is 0 Å². The fourth-order valence-corrected chi connectivity index (χ4v) is 5.33. The van der Waals surface area contributed by atoms with E-state index in [1.54, 1.807) is 4.90 Å². The maximum Gasteiger partial charge on any atom is 0.332 e. The van der Waals surface area contributed by atoms with Crippen molar-refractivity contribution in [2.75, 3.05) is 18.8 Å². The van der Waals surface area contributed by atoms with E-state index in [0.29, 0.717) is 18.8 Å². The summed E-state index contributed by atoms with van der Waals surface area (Å²) in [5.74, 6) is -0.149. The Labute approximate surface area is 108 Å². The highest BCUT2D eigenvalue weighted by Crippen LogP contribution is 2.55. The normalized spacial score (nSPS) is 35.6. The zero-order valence-corrected chi connectivity index (χ0v) is 11.2. The highest BCUT2D eigenvalue weighted by atomic mass is 32.2. The van der Waals surface area contributed by atoms with E-state index in [-0.39, 0.29) is 17.2 Å². The van der Waals surface area contributed by atoms with Crippen molar-refractivity contribution in [3.8, 4) is 0 Å². The van der Waals surface area contributed by atoms with E-state index < -0.39 is 10.0 Å². The summed E-state index contributed by atoms with van der Waals surface area (Å²) in [7, 11) is 0. The third-order valence-corrected chi connectivity index (χ3v) is 6.52. The zero-order valence-electron chi connectivity index (χ0n) is 9.59. The van der Waals surface area contributed by atoms with Crippen molar-refractivity contribution in [3.63, 3.8) is 0 Å². The van der Waals surface area contributed by atoms with Gasteiger partial charge in [0, 0.05) is 12.3 Å². The molecule has 17 heavy (non-hydrogen) atoms. The molecule has 7 heteroatoms. The Morgan fingerprint density at radius 3 is 3.00 bits per heavy atom. The van der Waals surface area contributed by atoms with Crippen molar-refractivity contribution in [2.45, 2.75) is 22.8 Å². The predicted molar refractivity (Wildman–Crippen MR) is 68.8 cm³/mol. The number of fused-ring (bicyclic) bond motifs is 1. The number of amides is 1. The number of β-lactam (4-membered cyclic amide) rings is 1. The number of rotatable bonds is 5. The molecule has 3 atom stereocenters. The minimum atomic E-state index is -0.913. The van der Waals surface area contributed by atoms with Crippen LogP contribution < -0.4 is 5.73 Å². The maximum absolute atomic E-state index is 11.7. The molecule has 2 fully saturated rings. The SMILES string of the molecule is CCC1C(=O)N2CC(SCCN)(C(=O)O)S[C@H]12. The first-order chi connectivity index (χ1) is 8.05. The van der Waals surface area contributed by atoms with Gasteiger partial charge in [-0.2, -0.15) is 0 Å². The first-order valence-corrected chi connectivity index (χ1v) is 7.48. The molecule has 0 spiro atoms. The first kappa shape index (κ1) is 13.0. The molecule has 0 aromatic rings. The third kappa shape index (κ3) is 1.94. The van der Waals surface area contributed by atoms with E-state index in [2.05, 4.69) is 0 Å². The van der Waals surface area contributed by atoms with Gasteiger partial charge in [-0.3, -0.25) is 4.79 Å². The second-order valence-electron chi connectivity index (χ2n) is 4.18. The van der Waals surface area contributed by atoms with Crippen LogP contribution in [0.2, 0.25) is 0 Å². The standard InChI is InChI=1S/C10H16N2O3S2/c1-2-6-7(13)12-5-10(9(14)15,16-4-3-11)17-8(6)12/h6,8H,2-5,11H2,1H3,(H,14,15)/t6?,8-,10?/m1/s1. The van der Waals surface area contributed by atoms with Gasteiger partial charge in [0.1, 0.15) is 0 Å². The van der Waals surface area contributed by atoms with Gasteiger partial charge < -0.3 is 15.7 Å². The van der Waals surface area contributed by atoms with Gasteiger partial charge in [-0.1, -0.05) is 6.92 Å². The summed E-state index contributed by atoms with van der Waals surface area (Å²) >= 11 is 2.75. The molecule has 3 N–H and O–H groups in total. The van der Waals surface area contributed by atoms with Gasteiger partial charge in [-0.15, -0.1) is 23.5 Å². The number of hydrogen-bond donors (Lipinski definition) is 2. The number of thioether (sulfide) groups is 2. The lowest BCUT2D eigenvalue weighted by Crippen LogP contribution is -2.56. The monoisotopic (exact) mass is 276 g/mol. The van der Waals surface area contributed by atoms with Crippen molar-refractivity contribution in [1.82, 2.24) is 4.90 Å². The number of carbonyl (C=O) groups is 2. The highest BCUT2D eigenvalue weighted by Gasteiger charge is 2.61. The van der Waals surface area contributed by atoms with Gasteiger partial charge in [-0.25, -0.2) is 4.79 Å². The summed E-state index contributed by atoms with van der Waals surface area (Å²) < 4.78 is -0.913. The topological polar surface area (TPSA) is 83.6 Å². The van der Waals surface area contributed by atoms with Gasteiger partial charge in [0.2, 0.25) is 5.91 Å². The maximum atomic E-state index is 11.7. The number of carboxylic acid groups (broad SMARTS) is 1. The molecule has 96 valence electrons. The van der Waals surface area contributed by atoms with Crippen molar-refractivity contribution >= 4 is 35.4 Å². The summed E-state index contributed by atoms with van der Waals surface area (Å²) in [5, 5.41) is 9.43. The van der Waals surface area contributed by atoms with Gasteiger partial charge >= 0.3 is 5.97 Å². The molecular formula is C10H16N2O3S2. The molecule has 0 aromatic carbocycles. The number of carboxylic acids is 1. The molecule has 2 aliphatic rings. The van der Waals surface area contributed by atoms with Crippen LogP contribution in [-0.2, 0) is 9.59 Å². The summed E-state index contributed by atoms with van der Waals surface area (Å²) in [6.07, 6.45) is 0.782. The second kappa shape index (κ2) is 4.70. The third-order valence-electron chi connectivity index (χ3n) is 3.16. The van der Waals surface area contributed by atoms with E-state index in [0.717, 1.165) is 6.42 Å². The Morgan fingerprint density at radius 1 is 1.76 bits per heavy atom. The van der Waals surface area contributed by atoms with Crippen LogP contribution in [0, 0.1) is 5.92 Å². The van der Waals surface area contributed by atoms with E-state index in [4.69, 9.17) is 5.73 Å². The number of hydrogen-bond acceptors (Lipinski definition) is 5. The quantitative estimate of drug-likeness (QED) is 0.707. The Kier molecular flexibility index (Phi) is 3.61. The molecule has 2 rings (SSSR count). The first-order valence-electron chi connectivity index (χ1n) is 5.61. The minimum Gasteiger partial charge on any atom is -0.480 e. The molecule has 0 aromatic heterocycles. The number of carbonyl (C=O) groups excluding carboxylic acids is 1. The Hall–Kier alpha value is -0.400. The van der Waals surface area contributed by atoms with Gasteiger partial charge in [-0.05, 0) is 6.42 Å². The van der Waals surface area contributed by atoms with Crippen LogP contribution in [0.3, 0.4) is 0 Å². The Morgan fingerprint density at radius 2 is 2.47 bits per heavy atom. The molecule has 1 amide bonds. The number of aliphatic carboxylic acids is 1. The van der Waals surface area contributed by atoms with E-state index in [9.17, 15) is 14.7 Å². The van der Waals surface area contributed by atoms with Crippen LogP contribution in [0.15, 0.2) is 0 Å². The zero-order chi connectivity index (χ0) is 12.6. The average molecular weight is 276 g/mol. The lowest BCUT2D eigenvalue weighted by atomic mass is 9.95. The molecule has 0 aliphatic carbocycles. The van der Waals surface area contributed by atoms with Crippen LogP contribution in [-0.4, -0.2) is 50.2 Å². The highest BCUT2D eigenvalue weighted by molar-refractivity contribution is 8.19. The summed E-state index contributed by atoms with van der Waals surface area (Å²) in [4.78, 5) is 24.9. The molecule has 2 aliphatic heterocycles. The van der Waals surface area contributed by atoms with Crippen molar-refractivity contribution in [2.24, 2.45) is 11.7 Å². The van der Waals surface area contributed by atoms with Crippen molar-refractivity contribution in [1.29, 1.82) is 0 Å². The van der Waals surface area contributed by atoms with Crippen LogP contribution in [0.4, 0.5) is 0 Å².